The Morgan fingerprint density at radius 3 is 2.26 bits per heavy atom. The Labute approximate surface area is 112 Å². The zero-order valence-corrected chi connectivity index (χ0v) is 10.9. The van der Waals surface area contributed by atoms with Crippen molar-refractivity contribution in [1.29, 1.82) is 0 Å². The van der Waals surface area contributed by atoms with Crippen molar-refractivity contribution >= 4 is 11.4 Å². The van der Waals surface area contributed by atoms with Crippen LogP contribution in [-0.4, -0.2) is 13.2 Å². The molecule has 0 spiro atoms. The van der Waals surface area contributed by atoms with Crippen molar-refractivity contribution in [3.8, 4) is 11.5 Å². The van der Waals surface area contributed by atoms with E-state index in [0.29, 0.717) is 30.3 Å². The van der Waals surface area contributed by atoms with Crippen LogP contribution in [0.2, 0.25) is 0 Å². The Bertz CT molecular complexity index is 538. The lowest BCUT2D eigenvalue weighted by Crippen LogP contribution is -2.10. The zero-order valence-electron chi connectivity index (χ0n) is 10.9. The number of anilines is 2. The molecule has 0 radical (unpaired) electrons. The Morgan fingerprint density at radius 2 is 1.58 bits per heavy atom. The third-order valence-electron chi connectivity index (χ3n) is 2.66. The topological polar surface area (TPSA) is 70.5 Å². The molecular formula is C15H18N2O2. The van der Waals surface area contributed by atoms with E-state index in [9.17, 15) is 0 Å². The van der Waals surface area contributed by atoms with Crippen molar-refractivity contribution < 1.29 is 9.47 Å². The van der Waals surface area contributed by atoms with Crippen molar-refractivity contribution in [3.63, 3.8) is 0 Å². The molecule has 2 aromatic rings. The molecule has 0 amide bonds. The minimum atomic E-state index is 0.433. The summed E-state index contributed by atoms with van der Waals surface area (Å²) < 4.78 is 11.1. The summed E-state index contributed by atoms with van der Waals surface area (Å²) >= 11 is 0. The molecule has 0 heterocycles. The van der Waals surface area contributed by atoms with Gasteiger partial charge in [-0.2, -0.15) is 0 Å². The van der Waals surface area contributed by atoms with Crippen LogP contribution in [0.4, 0.5) is 11.4 Å². The smallest absolute Gasteiger partial charge is 0.142 e. The third kappa shape index (κ3) is 3.81. The number of aryl methyl sites for hydroxylation is 1. The summed E-state index contributed by atoms with van der Waals surface area (Å²) in [5.74, 6) is 1.46. The summed E-state index contributed by atoms with van der Waals surface area (Å²) in [6, 6.07) is 13.1. The first-order chi connectivity index (χ1) is 9.15. The number of benzene rings is 2. The van der Waals surface area contributed by atoms with Crippen LogP contribution < -0.4 is 20.9 Å². The highest BCUT2D eigenvalue weighted by Crippen LogP contribution is 2.23. The Balaban J connectivity index is 1.79. The molecule has 0 aliphatic rings. The van der Waals surface area contributed by atoms with Gasteiger partial charge in [0.25, 0.3) is 0 Å². The Hall–Kier alpha value is -2.36. The van der Waals surface area contributed by atoms with Crippen molar-refractivity contribution in [2.45, 2.75) is 6.92 Å². The predicted molar refractivity (Wildman–Crippen MR) is 77.4 cm³/mol. The second-order valence-electron chi connectivity index (χ2n) is 4.31. The summed E-state index contributed by atoms with van der Waals surface area (Å²) in [6.07, 6.45) is 0. The van der Waals surface area contributed by atoms with Crippen molar-refractivity contribution in [2.24, 2.45) is 0 Å². The molecule has 0 fully saturated rings. The maximum Gasteiger partial charge on any atom is 0.142 e. The van der Waals surface area contributed by atoms with Gasteiger partial charge in [-0.05, 0) is 37.3 Å². The molecule has 4 N–H and O–H groups in total. The average Bonchev–Trinajstić information content (AvgIpc) is 2.39. The zero-order chi connectivity index (χ0) is 13.7. The highest BCUT2D eigenvalue weighted by Gasteiger charge is 2.00. The van der Waals surface area contributed by atoms with Crippen LogP contribution >= 0.6 is 0 Å². The number of hydrogen-bond acceptors (Lipinski definition) is 4. The second-order valence-corrected chi connectivity index (χ2v) is 4.31. The van der Waals surface area contributed by atoms with Gasteiger partial charge in [0.2, 0.25) is 0 Å². The standard InChI is InChI=1S/C15H18N2O2/c1-11-2-5-13(6-3-11)18-8-9-19-15-7-4-12(16)10-14(15)17/h2-7,10H,8-9,16-17H2,1H3. The fourth-order valence-electron chi connectivity index (χ4n) is 1.64. The molecule has 2 rings (SSSR count). The Kier molecular flexibility index (Phi) is 4.13. The molecule has 0 saturated carbocycles. The lowest BCUT2D eigenvalue weighted by atomic mass is 10.2. The number of nitrogens with two attached hydrogens (primary N) is 2. The van der Waals surface area contributed by atoms with E-state index < -0.39 is 0 Å². The van der Waals surface area contributed by atoms with Gasteiger partial charge in [0.1, 0.15) is 24.7 Å². The maximum absolute atomic E-state index is 5.79. The molecule has 0 atom stereocenters. The van der Waals surface area contributed by atoms with Gasteiger partial charge in [-0.25, -0.2) is 0 Å². The maximum atomic E-state index is 5.79. The van der Waals surface area contributed by atoms with Crippen LogP contribution in [0.3, 0.4) is 0 Å². The van der Waals surface area contributed by atoms with Crippen LogP contribution in [0.25, 0.3) is 0 Å². The number of hydrogen-bond donors (Lipinski definition) is 2. The first-order valence-electron chi connectivity index (χ1n) is 6.12. The summed E-state index contributed by atoms with van der Waals surface area (Å²) in [5.41, 5.74) is 13.8. The fourth-order valence-corrected chi connectivity index (χ4v) is 1.64. The lowest BCUT2D eigenvalue weighted by molar-refractivity contribution is 0.218. The minimum Gasteiger partial charge on any atom is -0.490 e. The molecule has 0 aliphatic carbocycles. The van der Waals surface area contributed by atoms with Gasteiger partial charge in [0.05, 0.1) is 5.69 Å². The van der Waals surface area contributed by atoms with Crippen LogP contribution in [0.1, 0.15) is 5.56 Å². The first-order valence-corrected chi connectivity index (χ1v) is 6.12. The molecule has 0 aliphatic heterocycles. The number of rotatable bonds is 5. The molecule has 0 bridgehead atoms. The highest BCUT2D eigenvalue weighted by molar-refractivity contribution is 5.60. The van der Waals surface area contributed by atoms with Crippen molar-refractivity contribution in [3.05, 3.63) is 48.0 Å². The van der Waals surface area contributed by atoms with Crippen LogP contribution in [-0.2, 0) is 0 Å². The van der Waals surface area contributed by atoms with Gasteiger partial charge in [-0.3, -0.25) is 0 Å². The van der Waals surface area contributed by atoms with Crippen molar-refractivity contribution in [1.82, 2.24) is 0 Å². The molecule has 4 heteroatoms. The molecule has 4 nitrogen and oxygen atoms in total. The summed E-state index contributed by atoms with van der Waals surface area (Å²) in [6.45, 7) is 2.94. The first kappa shape index (κ1) is 13.1. The normalized spacial score (nSPS) is 10.2. The van der Waals surface area contributed by atoms with Gasteiger partial charge in [-0.15, -0.1) is 0 Å². The molecule has 0 saturated heterocycles. The molecule has 2 aromatic carbocycles. The van der Waals surface area contributed by atoms with E-state index in [0.717, 1.165) is 5.75 Å². The number of ether oxygens (including phenoxy) is 2. The van der Waals surface area contributed by atoms with Crippen LogP contribution in [0.5, 0.6) is 11.5 Å². The SMILES string of the molecule is Cc1ccc(OCCOc2ccc(N)cc2N)cc1. The van der Waals surface area contributed by atoms with Gasteiger partial charge in [0, 0.05) is 5.69 Å². The van der Waals surface area contributed by atoms with E-state index in [1.54, 1.807) is 18.2 Å². The molecule has 0 aromatic heterocycles. The second kappa shape index (κ2) is 6.00. The average molecular weight is 258 g/mol. The third-order valence-corrected chi connectivity index (χ3v) is 2.66. The number of nitrogen functional groups attached to an aromatic ring is 2. The quantitative estimate of drug-likeness (QED) is 0.639. The molecule has 100 valence electrons. The summed E-state index contributed by atoms with van der Waals surface area (Å²) in [4.78, 5) is 0. The van der Waals surface area contributed by atoms with E-state index in [1.807, 2.05) is 31.2 Å². The largest absolute Gasteiger partial charge is 0.490 e. The summed E-state index contributed by atoms with van der Waals surface area (Å²) in [7, 11) is 0. The van der Waals surface area contributed by atoms with E-state index >= 15 is 0 Å². The highest BCUT2D eigenvalue weighted by atomic mass is 16.5. The predicted octanol–water partition coefficient (Wildman–Crippen LogP) is 2.62. The monoisotopic (exact) mass is 258 g/mol. The van der Waals surface area contributed by atoms with Crippen molar-refractivity contribution in [2.75, 3.05) is 24.7 Å². The van der Waals surface area contributed by atoms with E-state index in [4.69, 9.17) is 20.9 Å². The molecular weight excluding hydrogens is 240 g/mol. The van der Waals surface area contributed by atoms with E-state index in [-0.39, 0.29) is 0 Å². The van der Waals surface area contributed by atoms with Crippen LogP contribution in [0, 0.1) is 6.92 Å². The molecule has 0 unspecified atom stereocenters. The fraction of sp³-hybridized carbons (Fsp3) is 0.200. The lowest BCUT2D eigenvalue weighted by Gasteiger charge is -2.10. The van der Waals surface area contributed by atoms with Crippen LogP contribution in [0.15, 0.2) is 42.5 Å². The Morgan fingerprint density at radius 1 is 0.895 bits per heavy atom. The van der Waals surface area contributed by atoms with Gasteiger partial charge in [0.15, 0.2) is 0 Å². The van der Waals surface area contributed by atoms with Gasteiger partial charge in [-0.1, -0.05) is 17.7 Å². The minimum absolute atomic E-state index is 0.433. The summed E-state index contributed by atoms with van der Waals surface area (Å²) in [5, 5.41) is 0. The van der Waals surface area contributed by atoms with E-state index in [2.05, 4.69) is 0 Å². The van der Waals surface area contributed by atoms with E-state index in [1.165, 1.54) is 5.56 Å². The van der Waals surface area contributed by atoms with Gasteiger partial charge >= 0.3 is 0 Å². The molecule has 19 heavy (non-hydrogen) atoms. The van der Waals surface area contributed by atoms with Gasteiger partial charge < -0.3 is 20.9 Å².